The third-order valence-electron chi connectivity index (χ3n) is 3.18. The first kappa shape index (κ1) is 8.75. The van der Waals surface area contributed by atoms with Crippen molar-refractivity contribution in [3.63, 3.8) is 0 Å². The van der Waals surface area contributed by atoms with Crippen LogP contribution >= 0.6 is 0 Å². The zero-order chi connectivity index (χ0) is 9.69. The monoisotopic (exact) mass is 179 g/mol. The molecular formula is C10H17N3. The summed E-state index contributed by atoms with van der Waals surface area (Å²) in [7, 11) is 2.00. The fourth-order valence-corrected chi connectivity index (χ4v) is 2.02. The molecule has 1 fully saturated rings. The van der Waals surface area contributed by atoms with Crippen molar-refractivity contribution in [3.05, 3.63) is 18.2 Å². The van der Waals surface area contributed by atoms with Crippen molar-refractivity contribution in [2.75, 3.05) is 0 Å². The van der Waals surface area contributed by atoms with Gasteiger partial charge in [-0.3, -0.25) is 0 Å². The van der Waals surface area contributed by atoms with Gasteiger partial charge < -0.3 is 10.3 Å². The zero-order valence-electron chi connectivity index (χ0n) is 8.54. The van der Waals surface area contributed by atoms with Crippen LogP contribution in [0, 0.1) is 0 Å². The van der Waals surface area contributed by atoms with Crippen molar-refractivity contribution < 1.29 is 0 Å². The minimum Gasteiger partial charge on any atom is -0.340 e. The highest BCUT2D eigenvalue weighted by molar-refractivity contribution is 5.29. The second kappa shape index (κ2) is 2.35. The summed E-state index contributed by atoms with van der Waals surface area (Å²) in [6.07, 6.45) is 6.28. The molecule has 0 aromatic carbocycles. The maximum atomic E-state index is 6.17. The SMILES string of the molecule is Cn1cnc(C2(C(C)(C)N)CC2)c1. The summed E-state index contributed by atoms with van der Waals surface area (Å²) in [4.78, 5) is 4.40. The molecule has 2 N–H and O–H groups in total. The average molecular weight is 179 g/mol. The quantitative estimate of drug-likeness (QED) is 0.741. The van der Waals surface area contributed by atoms with Gasteiger partial charge in [-0.05, 0) is 26.7 Å². The molecule has 1 aliphatic carbocycles. The van der Waals surface area contributed by atoms with E-state index in [1.807, 2.05) is 17.9 Å². The minimum absolute atomic E-state index is 0.147. The van der Waals surface area contributed by atoms with Crippen molar-refractivity contribution in [1.29, 1.82) is 0 Å². The minimum atomic E-state index is -0.151. The predicted octanol–water partition coefficient (Wildman–Crippen LogP) is 1.19. The fourth-order valence-electron chi connectivity index (χ4n) is 2.02. The first-order valence-corrected chi connectivity index (χ1v) is 4.73. The van der Waals surface area contributed by atoms with Crippen LogP contribution in [0.5, 0.6) is 0 Å². The lowest BCUT2D eigenvalue weighted by atomic mass is 9.83. The van der Waals surface area contributed by atoms with Gasteiger partial charge in [0.25, 0.3) is 0 Å². The lowest BCUT2D eigenvalue weighted by Gasteiger charge is -2.29. The molecule has 1 aromatic rings. The van der Waals surface area contributed by atoms with E-state index in [2.05, 4.69) is 25.0 Å². The second-order valence-electron chi connectivity index (χ2n) is 4.73. The van der Waals surface area contributed by atoms with Crippen LogP contribution in [0.4, 0.5) is 0 Å². The maximum absolute atomic E-state index is 6.17. The Bertz CT molecular complexity index is 315. The zero-order valence-corrected chi connectivity index (χ0v) is 8.54. The predicted molar refractivity (Wildman–Crippen MR) is 52.4 cm³/mol. The molecule has 1 saturated carbocycles. The Labute approximate surface area is 79.0 Å². The van der Waals surface area contributed by atoms with E-state index in [-0.39, 0.29) is 11.0 Å². The largest absolute Gasteiger partial charge is 0.340 e. The standard InChI is InChI=1S/C10H17N3/c1-9(2,11)10(4-5-10)8-6-13(3)7-12-8/h6-7H,4-5,11H2,1-3H3. The van der Waals surface area contributed by atoms with E-state index in [1.54, 1.807) is 0 Å². The number of imidazole rings is 1. The maximum Gasteiger partial charge on any atom is 0.0947 e. The highest BCUT2D eigenvalue weighted by Gasteiger charge is 2.55. The molecule has 1 aliphatic rings. The summed E-state index contributed by atoms with van der Waals surface area (Å²) in [5.74, 6) is 0. The van der Waals surface area contributed by atoms with E-state index in [0.717, 1.165) is 5.69 Å². The third-order valence-corrected chi connectivity index (χ3v) is 3.18. The lowest BCUT2D eigenvalue weighted by Crippen LogP contribution is -2.45. The topological polar surface area (TPSA) is 43.8 Å². The summed E-state index contributed by atoms with van der Waals surface area (Å²) in [5.41, 5.74) is 7.32. The summed E-state index contributed by atoms with van der Waals surface area (Å²) >= 11 is 0. The van der Waals surface area contributed by atoms with Crippen LogP contribution in [0.15, 0.2) is 12.5 Å². The molecule has 0 saturated heterocycles. The van der Waals surface area contributed by atoms with Crippen molar-refractivity contribution in [2.45, 2.75) is 37.6 Å². The second-order valence-corrected chi connectivity index (χ2v) is 4.73. The van der Waals surface area contributed by atoms with Gasteiger partial charge in [0, 0.05) is 24.2 Å². The molecule has 0 unspecified atom stereocenters. The van der Waals surface area contributed by atoms with E-state index >= 15 is 0 Å². The number of hydrogen-bond acceptors (Lipinski definition) is 2. The number of aryl methyl sites for hydroxylation is 1. The Kier molecular flexibility index (Phi) is 1.58. The van der Waals surface area contributed by atoms with Gasteiger partial charge in [0.2, 0.25) is 0 Å². The molecule has 13 heavy (non-hydrogen) atoms. The molecule has 0 amide bonds. The highest BCUT2D eigenvalue weighted by atomic mass is 15.0. The molecule has 3 heteroatoms. The van der Waals surface area contributed by atoms with E-state index in [4.69, 9.17) is 5.73 Å². The first-order valence-electron chi connectivity index (χ1n) is 4.73. The van der Waals surface area contributed by atoms with Gasteiger partial charge >= 0.3 is 0 Å². The molecule has 0 radical (unpaired) electrons. The molecule has 0 spiro atoms. The number of rotatable bonds is 2. The van der Waals surface area contributed by atoms with Crippen LogP contribution in [-0.2, 0) is 12.5 Å². The number of aromatic nitrogens is 2. The molecule has 0 bridgehead atoms. The van der Waals surface area contributed by atoms with Gasteiger partial charge in [-0.2, -0.15) is 0 Å². The van der Waals surface area contributed by atoms with E-state index < -0.39 is 0 Å². The van der Waals surface area contributed by atoms with Crippen LogP contribution in [0.2, 0.25) is 0 Å². The van der Waals surface area contributed by atoms with E-state index in [1.165, 1.54) is 12.8 Å². The molecule has 2 rings (SSSR count). The highest BCUT2D eigenvalue weighted by Crippen LogP contribution is 2.53. The summed E-state index contributed by atoms with van der Waals surface area (Å²) < 4.78 is 1.99. The van der Waals surface area contributed by atoms with E-state index in [9.17, 15) is 0 Å². The Morgan fingerprint density at radius 1 is 1.54 bits per heavy atom. The van der Waals surface area contributed by atoms with Gasteiger partial charge in [-0.15, -0.1) is 0 Å². The van der Waals surface area contributed by atoms with Crippen molar-refractivity contribution >= 4 is 0 Å². The van der Waals surface area contributed by atoms with Gasteiger partial charge in [-0.25, -0.2) is 4.98 Å². The molecule has 72 valence electrons. The fraction of sp³-hybridized carbons (Fsp3) is 0.700. The van der Waals surface area contributed by atoms with Gasteiger partial charge in [0.1, 0.15) is 0 Å². The van der Waals surface area contributed by atoms with Crippen molar-refractivity contribution in [2.24, 2.45) is 12.8 Å². The molecule has 3 nitrogen and oxygen atoms in total. The molecular weight excluding hydrogens is 162 g/mol. The Morgan fingerprint density at radius 3 is 2.46 bits per heavy atom. The summed E-state index contributed by atoms with van der Waals surface area (Å²) in [6.45, 7) is 4.18. The Balaban J connectivity index is 2.36. The van der Waals surface area contributed by atoms with Crippen LogP contribution in [0.25, 0.3) is 0 Å². The Hall–Kier alpha value is -0.830. The van der Waals surface area contributed by atoms with Gasteiger partial charge in [0.05, 0.1) is 12.0 Å². The normalized spacial score (nSPS) is 20.3. The van der Waals surface area contributed by atoms with Gasteiger partial charge in [-0.1, -0.05) is 0 Å². The first-order chi connectivity index (χ1) is 5.96. The van der Waals surface area contributed by atoms with Crippen LogP contribution in [0.1, 0.15) is 32.4 Å². The summed E-state index contributed by atoms with van der Waals surface area (Å²) in [6, 6.07) is 0. The number of hydrogen-bond donors (Lipinski definition) is 1. The van der Waals surface area contributed by atoms with Crippen LogP contribution in [0.3, 0.4) is 0 Å². The Morgan fingerprint density at radius 2 is 2.15 bits per heavy atom. The smallest absolute Gasteiger partial charge is 0.0947 e. The number of nitrogens with zero attached hydrogens (tertiary/aromatic N) is 2. The molecule has 0 aliphatic heterocycles. The number of nitrogens with two attached hydrogens (primary N) is 1. The van der Waals surface area contributed by atoms with Crippen LogP contribution < -0.4 is 5.73 Å². The molecule has 1 heterocycles. The molecule has 0 atom stereocenters. The average Bonchev–Trinajstić information content (AvgIpc) is 2.70. The lowest BCUT2D eigenvalue weighted by molar-refractivity contribution is 0.385. The van der Waals surface area contributed by atoms with Crippen LogP contribution in [-0.4, -0.2) is 15.1 Å². The third kappa shape index (κ3) is 1.18. The van der Waals surface area contributed by atoms with E-state index in [0.29, 0.717) is 0 Å². The molecule has 1 aromatic heterocycles. The van der Waals surface area contributed by atoms with Crippen molar-refractivity contribution in [1.82, 2.24) is 9.55 Å². The van der Waals surface area contributed by atoms with Gasteiger partial charge in [0.15, 0.2) is 0 Å². The van der Waals surface area contributed by atoms with Crippen molar-refractivity contribution in [3.8, 4) is 0 Å². The summed E-state index contributed by atoms with van der Waals surface area (Å²) in [5, 5.41) is 0.